The van der Waals surface area contributed by atoms with Crippen molar-refractivity contribution < 1.29 is 17.6 Å². The van der Waals surface area contributed by atoms with E-state index >= 15 is 0 Å². The zero-order valence-corrected chi connectivity index (χ0v) is 17.8. The number of nitrogens with one attached hydrogen (secondary N) is 1. The van der Waals surface area contributed by atoms with Gasteiger partial charge in [0, 0.05) is 19.1 Å². The van der Waals surface area contributed by atoms with Crippen molar-refractivity contribution in [3.05, 3.63) is 29.6 Å². The molecule has 2 fully saturated rings. The molecule has 1 heterocycles. The number of sulfonamides is 1. The Morgan fingerprint density at radius 1 is 1.14 bits per heavy atom. The van der Waals surface area contributed by atoms with Gasteiger partial charge in [-0.15, -0.1) is 0 Å². The predicted molar refractivity (Wildman–Crippen MR) is 107 cm³/mol. The molecule has 2 aliphatic rings. The molecule has 28 heavy (non-hydrogen) atoms. The van der Waals surface area contributed by atoms with Crippen LogP contribution in [-0.2, 0) is 10.0 Å². The molecule has 1 saturated heterocycles. The monoisotopic (exact) mass is 410 g/mol. The van der Waals surface area contributed by atoms with Crippen LogP contribution in [0.1, 0.15) is 63.2 Å². The van der Waals surface area contributed by atoms with Crippen LogP contribution in [0.25, 0.3) is 0 Å². The van der Waals surface area contributed by atoms with Gasteiger partial charge in [-0.05, 0) is 55.2 Å². The maximum Gasteiger partial charge on any atom is 0.254 e. The first kappa shape index (κ1) is 21.2. The van der Waals surface area contributed by atoms with Crippen LogP contribution in [0.15, 0.2) is 23.1 Å². The van der Waals surface area contributed by atoms with Gasteiger partial charge in [0.1, 0.15) is 5.82 Å². The Balaban J connectivity index is 1.82. The summed E-state index contributed by atoms with van der Waals surface area (Å²) >= 11 is 0. The van der Waals surface area contributed by atoms with Gasteiger partial charge >= 0.3 is 0 Å². The second-order valence-corrected chi connectivity index (χ2v) is 10.5. The van der Waals surface area contributed by atoms with Gasteiger partial charge in [0.25, 0.3) is 5.91 Å². The highest BCUT2D eigenvalue weighted by atomic mass is 32.2. The Morgan fingerprint density at radius 2 is 1.89 bits per heavy atom. The minimum atomic E-state index is -3.73. The second kappa shape index (κ2) is 8.49. The summed E-state index contributed by atoms with van der Waals surface area (Å²) in [5, 5.41) is 2.93. The van der Waals surface area contributed by atoms with E-state index in [1.807, 2.05) is 6.92 Å². The molecule has 0 aromatic heterocycles. The molecule has 3 rings (SSSR count). The van der Waals surface area contributed by atoms with Crippen LogP contribution in [0, 0.1) is 23.6 Å². The van der Waals surface area contributed by atoms with Crippen molar-refractivity contribution in [2.75, 3.05) is 13.1 Å². The molecular weight excluding hydrogens is 379 g/mol. The Hall–Kier alpha value is -1.47. The van der Waals surface area contributed by atoms with Gasteiger partial charge in [0.15, 0.2) is 0 Å². The zero-order chi connectivity index (χ0) is 20.5. The molecule has 1 aliphatic carbocycles. The molecule has 1 aliphatic heterocycles. The Labute approximate surface area is 167 Å². The van der Waals surface area contributed by atoms with Crippen LogP contribution < -0.4 is 5.32 Å². The van der Waals surface area contributed by atoms with Gasteiger partial charge in [0.2, 0.25) is 10.0 Å². The van der Waals surface area contributed by atoms with Crippen molar-refractivity contribution in [1.82, 2.24) is 9.62 Å². The lowest BCUT2D eigenvalue weighted by molar-refractivity contribution is 0.0886. The van der Waals surface area contributed by atoms with E-state index in [9.17, 15) is 17.6 Å². The van der Waals surface area contributed by atoms with E-state index in [-0.39, 0.29) is 16.5 Å². The van der Waals surface area contributed by atoms with E-state index in [0.717, 1.165) is 38.2 Å². The smallest absolute Gasteiger partial charge is 0.254 e. The van der Waals surface area contributed by atoms with E-state index in [2.05, 4.69) is 19.2 Å². The van der Waals surface area contributed by atoms with E-state index in [1.165, 1.54) is 16.4 Å². The average Bonchev–Trinajstić information content (AvgIpc) is 2.65. The van der Waals surface area contributed by atoms with Crippen molar-refractivity contribution in [3.8, 4) is 0 Å². The van der Waals surface area contributed by atoms with Crippen molar-refractivity contribution in [2.45, 2.75) is 63.8 Å². The minimum absolute atomic E-state index is 0.0149. The van der Waals surface area contributed by atoms with Crippen molar-refractivity contribution in [2.24, 2.45) is 17.8 Å². The molecule has 0 radical (unpaired) electrons. The normalized spacial score (nSPS) is 29.4. The van der Waals surface area contributed by atoms with Crippen molar-refractivity contribution in [1.29, 1.82) is 0 Å². The molecule has 1 amide bonds. The Bertz CT molecular complexity index is 827. The summed E-state index contributed by atoms with van der Waals surface area (Å²) in [4.78, 5) is 12.7. The lowest BCUT2D eigenvalue weighted by Gasteiger charge is -2.34. The highest BCUT2D eigenvalue weighted by Gasteiger charge is 2.31. The summed E-state index contributed by atoms with van der Waals surface area (Å²) < 4.78 is 41.8. The maximum absolute atomic E-state index is 14.4. The number of hydrogen-bond acceptors (Lipinski definition) is 3. The maximum atomic E-state index is 14.4. The fourth-order valence-electron chi connectivity index (χ4n) is 4.38. The Kier molecular flexibility index (Phi) is 6.44. The highest BCUT2D eigenvalue weighted by Crippen LogP contribution is 2.30. The van der Waals surface area contributed by atoms with Crippen molar-refractivity contribution in [3.63, 3.8) is 0 Å². The third kappa shape index (κ3) is 4.40. The number of carbonyl (C=O) groups is 1. The lowest BCUT2D eigenvalue weighted by Crippen LogP contribution is -2.44. The standard InChI is InChI=1S/C21H31FN2O3S/c1-14-6-5-11-24(13-14)28(26,27)17-9-10-19(22)18(12-17)21(25)23-20-8-4-7-15(2)16(20)3/h9-10,12,14-16,20H,4-8,11,13H2,1-3H3,(H,23,25)/t14-,15-,16+,20-/m1/s1. The third-order valence-corrected chi connectivity index (χ3v) is 8.32. The van der Waals surface area contributed by atoms with Crippen LogP contribution in [0.2, 0.25) is 0 Å². The first-order chi connectivity index (χ1) is 13.2. The summed E-state index contributed by atoms with van der Waals surface area (Å²) in [6.07, 6.45) is 4.83. The number of halogens is 1. The predicted octanol–water partition coefficient (Wildman–Crippen LogP) is 3.80. The van der Waals surface area contributed by atoms with E-state index in [1.54, 1.807) is 0 Å². The van der Waals surface area contributed by atoms with Crippen LogP contribution in [0.4, 0.5) is 4.39 Å². The molecule has 156 valence electrons. The van der Waals surface area contributed by atoms with Gasteiger partial charge in [-0.3, -0.25) is 4.79 Å². The van der Waals surface area contributed by atoms with Gasteiger partial charge in [-0.25, -0.2) is 12.8 Å². The first-order valence-corrected chi connectivity index (χ1v) is 11.7. The number of amides is 1. The van der Waals surface area contributed by atoms with Gasteiger partial charge in [-0.1, -0.05) is 33.6 Å². The quantitative estimate of drug-likeness (QED) is 0.821. The topological polar surface area (TPSA) is 66.5 Å². The average molecular weight is 411 g/mol. The van der Waals surface area contributed by atoms with Crippen LogP contribution in [0.5, 0.6) is 0 Å². The molecule has 1 N–H and O–H groups in total. The number of hydrogen-bond donors (Lipinski definition) is 1. The fourth-order valence-corrected chi connectivity index (χ4v) is 6.01. The molecule has 1 aromatic rings. The Morgan fingerprint density at radius 3 is 2.61 bits per heavy atom. The number of piperidine rings is 1. The molecule has 1 aromatic carbocycles. The summed E-state index contributed by atoms with van der Waals surface area (Å²) in [7, 11) is -3.73. The number of benzene rings is 1. The van der Waals surface area contributed by atoms with E-state index in [4.69, 9.17) is 0 Å². The molecule has 7 heteroatoms. The highest BCUT2D eigenvalue weighted by molar-refractivity contribution is 7.89. The molecule has 0 bridgehead atoms. The summed E-state index contributed by atoms with van der Waals surface area (Å²) in [6.45, 7) is 7.21. The molecule has 4 atom stereocenters. The molecule has 0 spiro atoms. The van der Waals surface area contributed by atoms with Crippen LogP contribution in [0.3, 0.4) is 0 Å². The SMILES string of the molecule is C[C@@H]1CCCN(S(=O)(=O)c2ccc(F)c(C(=O)N[C@@H]3CCC[C@@H](C)[C@@H]3C)c2)C1. The molecule has 5 nitrogen and oxygen atoms in total. The summed E-state index contributed by atoms with van der Waals surface area (Å²) in [6, 6.07) is 3.52. The first-order valence-electron chi connectivity index (χ1n) is 10.3. The van der Waals surface area contributed by atoms with Gasteiger partial charge in [-0.2, -0.15) is 4.31 Å². The van der Waals surface area contributed by atoms with Gasteiger partial charge < -0.3 is 5.32 Å². The van der Waals surface area contributed by atoms with Gasteiger partial charge in [0.05, 0.1) is 10.5 Å². The zero-order valence-electron chi connectivity index (χ0n) is 16.9. The molecule has 0 unspecified atom stereocenters. The molecule has 1 saturated carbocycles. The second-order valence-electron chi connectivity index (χ2n) is 8.60. The third-order valence-electron chi connectivity index (χ3n) is 6.46. The number of carbonyl (C=O) groups excluding carboxylic acids is 1. The minimum Gasteiger partial charge on any atom is -0.349 e. The summed E-state index contributed by atoms with van der Waals surface area (Å²) in [5.41, 5.74) is -0.198. The van der Waals surface area contributed by atoms with Crippen LogP contribution in [-0.4, -0.2) is 37.8 Å². The van der Waals surface area contributed by atoms with E-state index < -0.39 is 21.7 Å². The number of rotatable bonds is 4. The van der Waals surface area contributed by atoms with Crippen molar-refractivity contribution >= 4 is 15.9 Å². The van der Waals surface area contributed by atoms with Crippen LogP contribution >= 0.6 is 0 Å². The molecular formula is C21H31FN2O3S. The fraction of sp³-hybridized carbons (Fsp3) is 0.667. The summed E-state index contributed by atoms with van der Waals surface area (Å²) in [5.74, 6) is -0.131. The van der Waals surface area contributed by atoms with E-state index in [0.29, 0.717) is 30.8 Å². The number of nitrogens with zero attached hydrogens (tertiary/aromatic N) is 1. The lowest BCUT2D eigenvalue weighted by atomic mass is 9.78. The largest absolute Gasteiger partial charge is 0.349 e.